The quantitative estimate of drug-likeness (QED) is 0.421. The number of carbonyl (C=O) groups is 3. The monoisotopic (exact) mass is 488 g/mol. The number of nitrogens with one attached hydrogen (secondary N) is 1. The third kappa shape index (κ3) is 3.95. The Morgan fingerprint density at radius 2 is 2.21 bits per heavy atom. The topological polar surface area (TPSA) is 140 Å². The van der Waals surface area contributed by atoms with Crippen molar-refractivity contribution in [2.75, 3.05) is 11.5 Å². The fourth-order valence-electron chi connectivity index (χ4n) is 4.25. The van der Waals surface area contributed by atoms with Crippen LogP contribution in [0.2, 0.25) is 0 Å². The number of hydrogen-bond acceptors (Lipinski definition) is 9. The van der Waals surface area contributed by atoms with Crippen molar-refractivity contribution in [3.05, 3.63) is 46.6 Å². The molecule has 4 heterocycles. The number of rotatable bonds is 7. The highest BCUT2D eigenvalue weighted by molar-refractivity contribution is 8.01. The van der Waals surface area contributed by atoms with E-state index in [4.69, 9.17) is 4.74 Å². The number of carbonyl (C=O) groups excluding carboxylic acids is 2. The lowest BCUT2D eigenvalue weighted by molar-refractivity contribution is -0.150. The Bertz CT molecular complexity index is 1170. The van der Waals surface area contributed by atoms with Gasteiger partial charge in [-0.15, -0.1) is 16.9 Å². The average Bonchev–Trinajstić information content (AvgIpc) is 3.41. The van der Waals surface area contributed by atoms with Crippen molar-refractivity contribution in [1.82, 2.24) is 30.4 Å². The van der Waals surface area contributed by atoms with Gasteiger partial charge in [-0.1, -0.05) is 17.3 Å². The zero-order valence-corrected chi connectivity index (χ0v) is 19.2. The molecule has 3 aliphatic heterocycles. The van der Waals surface area contributed by atoms with Gasteiger partial charge in [-0.3, -0.25) is 14.5 Å². The molecule has 0 bridgehead atoms. The van der Waals surface area contributed by atoms with Gasteiger partial charge in [-0.05, 0) is 46.1 Å². The summed E-state index contributed by atoms with van der Waals surface area (Å²) in [6, 6.07) is -0.735. The number of aryl methyl sites for hydroxylation is 1. The van der Waals surface area contributed by atoms with Crippen LogP contribution in [0.1, 0.15) is 19.3 Å². The Morgan fingerprint density at radius 1 is 1.36 bits per heavy atom. The summed E-state index contributed by atoms with van der Waals surface area (Å²) >= 11 is 2.76. The van der Waals surface area contributed by atoms with Gasteiger partial charge in [-0.25, -0.2) is 9.48 Å². The Kier molecular flexibility index (Phi) is 5.74. The van der Waals surface area contributed by atoms with Crippen LogP contribution in [0.4, 0.5) is 0 Å². The maximum atomic E-state index is 12.9. The molecule has 13 heteroatoms. The first kappa shape index (κ1) is 21.8. The fourth-order valence-corrected chi connectivity index (χ4v) is 6.58. The number of hydrogen-bond donors (Lipinski definition) is 2. The van der Waals surface area contributed by atoms with Gasteiger partial charge in [-0.2, -0.15) is 0 Å². The number of carboxylic acids is 1. The molecule has 2 N–H and O–H groups in total. The van der Waals surface area contributed by atoms with Crippen molar-refractivity contribution in [1.29, 1.82) is 0 Å². The predicted molar refractivity (Wildman–Crippen MR) is 118 cm³/mol. The molecule has 11 nitrogen and oxygen atoms in total. The molecule has 0 spiro atoms. The van der Waals surface area contributed by atoms with E-state index in [9.17, 15) is 19.5 Å². The minimum Gasteiger partial charge on any atom is -0.477 e. The SMILES string of the molecule is Cn1nnnc1SCC1=C(C(=O)O)N2C(=O)C(NC(=O)CC3=C4C=COC=C4CC3)C2SC1. The van der Waals surface area contributed by atoms with Crippen molar-refractivity contribution < 1.29 is 24.2 Å². The first-order chi connectivity index (χ1) is 15.9. The number of carboxylic acid groups (broad SMARTS) is 1. The fraction of sp³-hybridized carbons (Fsp3) is 0.400. The van der Waals surface area contributed by atoms with Gasteiger partial charge in [0.05, 0.1) is 12.5 Å². The van der Waals surface area contributed by atoms with Crippen LogP contribution >= 0.6 is 23.5 Å². The minimum absolute atomic E-state index is 0.0141. The zero-order chi connectivity index (χ0) is 23.1. The lowest BCUT2D eigenvalue weighted by atomic mass is 10.0. The maximum absolute atomic E-state index is 12.9. The highest BCUT2D eigenvalue weighted by Crippen LogP contribution is 2.42. The smallest absolute Gasteiger partial charge is 0.352 e. The first-order valence-electron chi connectivity index (χ1n) is 10.2. The van der Waals surface area contributed by atoms with Crippen molar-refractivity contribution in [2.24, 2.45) is 7.05 Å². The van der Waals surface area contributed by atoms with E-state index in [2.05, 4.69) is 20.8 Å². The van der Waals surface area contributed by atoms with Gasteiger partial charge >= 0.3 is 5.97 Å². The number of aromatic nitrogens is 4. The molecule has 1 saturated heterocycles. The molecule has 1 fully saturated rings. The number of allylic oxidation sites excluding steroid dienone is 3. The molecule has 1 aromatic heterocycles. The molecular formula is C20H20N6O5S2. The van der Waals surface area contributed by atoms with Crippen LogP contribution in [0.5, 0.6) is 0 Å². The van der Waals surface area contributed by atoms with E-state index in [0.717, 1.165) is 29.6 Å². The Labute approximate surface area is 197 Å². The highest BCUT2D eigenvalue weighted by Gasteiger charge is 2.54. The lowest BCUT2D eigenvalue weighted by Gasteiger charge is -2.49. The van der Waals surface area contributed by atoms with Crippen molar-refractivity contribution in [2.45, 2.75) is 35.8 Å². The van der Waals surface area contributed by atoms with Crippen LogP contribution < -0.4 is 5.32 Å². The molecule has 172 valence electrons. The zero-order valence-electron chi connectivity index (χ0n) is 17.6. The van der Waals surface area contributed by atoms with Crippen molar-refractivity contribution in [3.8, 4) is 0 Å². The van der Waals surface area contributed by atoms with E-state index in [0.29, 0.717) is 22.2 Å². The molecular weight excluding hydrogens is 468 g/mol. The van der Waals surface area contributed by atoms with Gasteiger partial charge in [0.2, 0.25) is 11.1 Å². The van der Waals surface area contributed by atoms with Gasteiger partial charge < -0.3 is 15.2 Å². The molecule has 4 aliphatic rings. The molecule has 0 saturated carbocycles. The third-order valence-electron chi connectivity index (χ3n) is 5.84. The van der Waals surface area contributed by atoms with E-state index in [-0.39, 0.29) is 18.0 Å². The molecule has 1 aromatic rings. The summed E-state index contributed by atoms with van der Waals surface area (Å²) in [4.78, 5) is 38.8. The molecule has 2 amide bonds. The molecule has 0 aromatic carbocycles. The van der Waals surface area contributed by atoms with Crippen LogP contribution in [0.25, 0.3) is 0 Å². The lowest BCUT2D eigenvalue weighted by Crippen LogP contribution is -2.70. The Morgan fingerprint density at radius 3 is 2.97 bits per heavy atom. The molecule has 33 heavy (non-hydrogen) atoms. The number of aliphatic carboxylic acids is 1. The maximum Gasteiger partial charge on any atom is 0.352 e. The van der Waals surface area contributed by atoms with Crippen LogP contribution in [0.3, 0.4) is 0 Å². The number of fused-ring (bicyclic) bond motifs is 2. The third-order valence-corrected chi connectivity index (χ3v) is 8.28. The van der Waals surface area contributed by atoms with Crippen LogP contribution in [-0.4, -0.2) is 70.9 Å². The van der Waals surface area contributed by atoms with E-state index >= 15 is 0 Å². The molecule has 1 aliphatic carbocycles. The van der Waals surface area contributed by atoms with Crippen LogP contribution in [0.15, 0.2) is 51.7 Å². The summed E-state index contributed by atoms with van der Waals surface area (Å²) < 4.78 is 6.69. The number of β-lactam (4-membered cyclic amide) rings is 1. The first-order valence-corrected chi connectivity index (χ1v) is 12.3. The van der Waals surface area contributed by atoms with Crippen molar-refractivity contribution in [3.63, 3.8) is 0 Å². The summed E-state index contributed by atoms with van der Waals surface area (Å²) in [6.45, 7) is 0. The summed E-state index contributed by atoms with van der Waals surface area (Å²) in [7, 11) is 1.70. The normalized spacial score (nSPS) is 23.6. The molecule has 2 atom stereocenters. The molecule has 5 rings (SSSR count). The average molecular weight is 489 g/mol. The van der Waals surface area contributed by atoms with E-state index in [1.165, 1.54) is 33.1 Å². The van der Waals surface area contributed by atoms with E-state index in [1.54, 1.807) is 19.6 Å². The Balaban J connectivity index is 1.25. The summed E-state index contributed by atoms with van der Waals surface area (Å²) in [6.07, 6.45) is 6.95. The van der Waals surface area contributed by atoms with Gasteiger partial charge in [0, 0.05) is 25.0 Å². The number of amides is 2. The summed E-state index contributed by atoms with van der Waals surface area (Å²) in [5.74, 6) is -1.02. The summed E-state index contributed by atoms with van der Waals surface area (Å²) in [5, 5.41) is 23.9. The minimum atomic E-state index is -1.16. The van der Waals surface area contributed by atoms with Crippen LogP contribution in [0, 0.1) is 0 Å². The second kappa shape index (κ2) is 8.71. The van der Waals surface area contributed by atoms with Gasteiger partial charge in [0.15, 0.2) is 0 Å². The Hall–Kier alpha value is -3.06. The van der Waals surface area contributed by atoms with Crippen LogP contribution in [-0.2, 0) is 26.2 Å². The number of thioether (sulfide) groups is 2. The number of tetrazole rings is 1. The van der Waals surface area contributed by atoms with E-state index < -0.39 is 23.3 Å². The number of ether oxygens (including phenoxy) is 1. The largest absolute Gasteiger partial charge is 0.477 e. The summed E-state index contributed by atoms with van der Waals surface area (Å²) in [5.41, 5.74) is 3.73. The molecule has 0 radical (unpaired) electrons. The standard InChI is InChI=1S/C20H20N6O5S2/c1-25-20(22-23-24-25)33-9-12-8-32-18-15(17(28)26(18)16(12)19(29)30)21-14(27)6-10-2-3-11-7-31-5-4-13(10)11/h4-5,7,15,18H,2-3,6,8-9H2,1H3,(H,21,27)(H,29,30). The molecule has 2 unspecified atom stereocenters. The second-order valence-electron chi connectivity index (χ2n) is 7.86. The predicted octanol–water partition coefficient (Wildman–Crippen LogP) is 0.949. The van der Waals surface area contributed by atoms with Gasteiger partial charge in [0.1, 0.15) is 17.1 Å². The number of nitrogens with zero attached hydrogens (tertiary/aromatic N) is 5. The second-order valence-corrected chi connectivity index (χ2v) is 9.91. The van der Waals surface area contributed by atoms with E-state index in [1.807, 2.05) is 6.08 Å². The highest BCUT2D eigenvalue weighted by atomic mass is 32.2. The van der Waals surface area contributed by atoms with Crippen molar-refractivity contribution >= 4 is 41.3 Å². The van der Waals surface area contributed by atoms with Gasteiger partial charge in [0.25, 0.3) is 5.91 Å².